The molecule has 1 amide bonds. The molecule has 2 bridgehead atoms. The molecule has 4 aliphatic carbocycles. The Labute approximate surface area is 251 Å². The van der Waals surface area contributed by atoms with Crippen LogP contribution in [0.1, 0.15) is 106 Å². The zero-order valence-corrected chi connectivity index (χ0v) is 26.4. The highest BCUT2D eigenvalue weighted by molar-refractivity contribution is 6.47. The molecule has 0 radical (unpaired) electrons. The van der Waals surface area contributed by atoms with E-state index in [-0.39, 0.29) is 59.6 Å². The van der Waals surface area contributed by atoms with Crippen LogP contribution in [-0.2, 0) is 18.9 Å². The van der Waals surface area contributed by atoms with Gasteiger partial charge < -0.3 is 20.4 Å². The molecule has 4 saturated carbocycles. The number of rotatable bonds is 13. The van der Waals surface area contributed by atoms with Gasteiger partial charge >= 0.3 is 7.12 Å². The Morgan fingerprint density at radius 2 is 1.90 bits per heavy atom. The molecule has 0 aromatic rings. The van der Waals surface area contributed by atoms with Crippen LogP contribution in [0.2, 0.25) is 0 Å². The van der Waals surface area contributed by atoms with Gasteiger partial charge in [0.1, 0.15) is 5.78 Å². The number of carbonyl (C=O) groups is 2. The summed E-state index contributed by atoms with van der Waals surface area (Å²) in [6.07, 6.45) is 8.02. The van der Waals surface area contributed by atoms with Crippen molar-refractivity contribution in [2.24, 2.45) is 51.6 Å². The molecule has 2 unspecified atom stereocenters. The van der Waals surface area contributed by atoms with Gasteiger partial charge in [0.25, 0.3) is 5.96 Å². The minimum atomic E-state index is -0.762. The van der Waals surface area contributed by atoms with Gasteiger partial charge in [0.15, 0.2) is 5.03 Å². The number of guanidine groups is 1. The van der Waals surface area contributed by atoms with Crippen molar-refractivity contribution in [3.63, 3.8) is 0 Å². The molecule has 1 heterocycles. The molecule has 0 aromatic carbocycles. The molecule has 4 N–H and O–H groups in total. The molecular weight excluding hydrogens is 537 g/mol. The van der Waals surface area contributed by atoms with E-state index in [1.165, 1.54) is 0 Å². The molecular formula is C30H52BN5O6. The van der Waals surface area contributed by atoms with Crippen LogP contribution in [0.5, 0.6) is 0 Å². The third kappa shape index (κ3) is 7.12. The summed E-state index contributed by atoms with van der Waals surface area (Å²) in [5, 5.41) is 13.1. The van der Waals surface area contributed by atoms with Crippen LogP contribution in [0.25, 0.3) is 0 Å². The lowest BCUT2D eigenvalue weighted by Gasteiger charge is -2.64. The molecule has 8 atom stereocenters. The van der Waals surface area contributed by atoms with Crippen LogP contribution in [0.3, 0.4) is 0 Å². The summed E-state index contributed by atoms with van der Waals surface area (Å²) in [5.41, 5.74) is 7.24. The SMILES string of the molecule is CC(C)C[C@H](NC(=O)[C@H](CCCN=C(N)N[N+](=O)[O-])CC(=O)C1CCCCC1C)B1O[C@@H]2C[C@@H]3C[C@@H](C3(C)C)[C@]2(C)O1. The van der Waals surface area contributed by atoms with E-state index in [9.17, 15) is 19.7 Å². The number of nitrogens with zero attached hydrogens (tertiary/aromatic N) is 2. The normalized spacial score (nSPS) is 33.4. The molecule has 1 saturated heterocycles. The van der Waals surface area contributed by atoms with E-state index in [4.69, 9.17) is 15.0 Å². The van der Waals surface area contributed by atoms with Crippen LogP contribution in [0.15, 0.2) is 4.99 Å². The lowest BCUT2D eigenvalue weighted by Crippen LogP contribution is -2.65. The van der Waals surface area contributed by atoms with Gasteiger partial charge in [-0.05, 0) is 74.5 Å². The molecule has 42 heavy (non-hydrogen) atoms. The zero-order valence-electron chi connectivity index (χ0n) is 26.4. The second-order valence-corrected chi connectivity index (χ2v) is 14.6. The maximum Gasteiger partial charge on any atom is 0.481 e. The summed E-state index contributed by atoms with van der Waals surface area (Å²) in [7, 11) is -0.534. The number of ketones is 1. The van der Waals surface area contributed by atoms with Crippen molar-refractivity contribution in [3.8, 4) is 0 Å². The van der Waals surface area contributed by atoms with Crippen molar-refractivity contribution in [2.75, 3.05) is 6.54 Å². The van der Waals surface area contributed by atoms with Crippen molar-refractivity contribution in [3.05, 3.63) is 10.1 Å². The van der Waals surface area contributed by atoms with Crippen LogP contribution < -0.4 is 16.5 Å². The first-order valence-corrected chi connectivity index (χ1v) is 16.1. The van der Waals surface area contributed by atoms with E-state index < -0.39 is 18.1 Å². The number of nitrogens with two attached hydrogens (primary N) is 1. The van der Waals surface area contributed by atoms with Crippen LogP contribution in [0.4, 0.5) is 0 Å². The number of hydrazine groups is 1. The number of nitrogens with one attached hydrogen (secondary N) is 2. The van der Waals surface area contributed by atoms with Crippen molar-refractivity contribution in [1.29, 1.82) is 0 Å². The summed E-state index contributed by atoms with van der Waals surface area (Å²) in [6.45, 7) is 13.4. The first-order valence-electron chi connectivity index (χ1n) is 16.1. The summed E-state index contributed by atoms with van der Waals surface area (Å²) in [6, 6.07) is 0. The first-order chi connectivity index (χ1) is 19.7. The Hall–Kier alpha value is -2.21. The smallest absolute Gasteiger partial charge is 0.404 e. The standard InChI is InChI=1S/C30H52BN5O6/c1-18(2)14-26(31-41-25-17-21-16-24(29(21,4)5)30(25,6)42-31)34-27(38)20(11-9-13-33-28(32)35-36(39)40)15-23(37)22-12-8-7-10-19(22)3/h18-22,24-26H,7-17H2,1-6H3,(H,34,38)(H3,32,33,35)/t19?,20-,21+,22?,24+,25-,26+,30+/m1/s1. The molecule has 5 aliphatic rings. The number of aliphatic imine (C=N–C) groups is 1. The van der Waals surface area contributed by atoms with Gasteiger partial charge in [0.05, 0.1) is 17.6 Å². The highest BCUT2D eigenvalue weighted by Gasteiger charge is 2.68. The fraction of sp³-hybridized carbons (Fsp3) is 0.900. The quantitative estimate of drug-likeness (QED) is 0.0725. The second-order valence-electron chi connectivity index (χ2n) is 14.6. The summed E-state index contributed by atoms with van der Waals surface area (Å²) < 4.78 is 13.3. The monoisotopic (exact) mass is 589 g/mol. The van der Waals surface area contributed by atoms with E-state index in [0.29, 0.717) is 42.9 Å². The fourth-order valence-corrected chi connectivity index (χ4v) is 8.30. The van der Waals surface area contributed by atoms with Gasteiger partial charge in [0, 0.05) is 24.8 Å². The van der Waals surface area contributed by atoms with Gasteiger partial charge in [-0.1, -0.05) is 59.3 Å². The van der Waals surface area contributed by atoms with Crippen molar-refractivity contribution < 1.29 is 23.9 Å². The van der Waals surface area contributed by atoms with E-state index >= 15 is 0 Å². The van der Waals surface area contributed by atoms with Gasteiger partial charge in [-0.15, -0.1) is 0 Å². The summed E-state index contributed by atoms with van der Waals surface area (Å²) >= 11 is 0. The van der Waals surface area contributed by atoms with Crippen molar-refractivity contribution in [1.82, 2.24) is 10.7 Å². The number of carbonyl (C=O) groups excluding carboxylic acids is 2. The van der Waals surface area contributed by atoms with E-state index in [0.717, 1.165) is 38.5 Å². The van der Waals surface area contributed by atoms with Gasteiger partial charge in [-0.3, -0.25) is 9.59 Å². The Morgan fingerprint density at radius 1 is 1.19 bits per heavy atom. The number of Topliss-reactive ketones (excluding diaryl/α,β-unsaturated/α-hetero) is 1. The van der Waals surface area contributed by atoms with Crippen molar-refractivity contribution >= 4 is 24.8 Å². The molecule has 12 heteroatoms. The van der Waals surface area contributed by atoms with E-state index in [1.54, 1.807) is 0 Å². The highest BCUT2D eigenvalue weighted by Crippen LogP contribution is 2.65. The first kappa shape index (κ1) is 32.7. The molecule has 5 fully saturated rings. The average molecular weight is 590 g/mol. The molecule has 11 nitrogen and oxygen atoms in total. The number of hydrogen-bond donors (Lipinski definition) is 3. The molecule has 0 aromatic heterocycles. The van der Waals surface area contributed by atoms with Crippen LogP contribution >= 0.6 is 0 Å². The predicted octanol–water partition coefficient (Wildman–Crippen LogP) is 4.06. The molecule has 0 spiro atoms. The summed E-state index contributed by atoms with van der Waals surface area (Å²) in [4.78, 5) is 42.0. The topological polar surface area (TPSA) is 158 Å². The zero-order chi connectivity index (χ0) is 30.8. The predicted molar refractivity (Wildman–Crippen MR) is 162 cm³/mol. The number of nitro groups is 1. The van der Waals surface area contributed by atoms with Gasteiger partial charge in [-0.2, -0.15) is 0 Å². The minimum absolute atomic E-state index is 0.0158. The van der Waals surface area contributed by atoms with E-state index in [2.05, 4.69) is 51.9 Å². The Kier molecular flexibility index (Phi) is 10.3. The number of hydrogen-bond acceptors (Lipinski definition) is 7. The van der Waals surface area contributed by atoms with Crippen LogP contribution in [-0.4, -0.2) is 54.0 Å². The largest absolute Gasteiger partial charge is 0.481 e. The minimum Gasteiger partial charge on any atom is -0.404 e. The lowest BCUT2D eigenvalue weighted by atomic mass is 9.43. The maximum absolute atomic E-state index is 13.9. The Balaban J connectivity index is 1.45. The fourth-order valence-electron chi connectivity index (χ4n) is 8.30. The van der Waals surface area contributed by atoms with Gasteiger partial charge in [-0.25, -0.2) is 15.1 Å². The molecule has 236 valence electrons. The summed E-state index contributed by atoms with van der Waals surface area (Å²) in [5.74, 6) is 0.500. The van der Waals surface area contributed by atoms with Gasteiger partial charge in [0.2, 0.25) is 5.91 Å². The second kappa shape index (κ2) is 13.2. The molecule has 1 aliphatic heterocycles. The molecule has 5 rings (SSSR count). The third-order valence-electron chi connectivity index (χ3n) is 10.9. The maximum atomic E-state index is 13.9. The Bertz CT molecular complexity index is 1040. The van der Waals surface area contributed by atoms with E-state index in [1.807, 2.05) is 5.43 Å². The average Bonchev–Trinajstić information content (AvgIpc) is 3.26. The van der Waals surface area contributed by atoms with Crippen molar-refractivity contribution in [2.45, 2.75) is 123 Å². The lowest BCUT2D eigenvalue weighted by molar-refractivity contribution is -0.525. The Morgan fingerprint density at radius 3 is 2.55 bits per heavy atom. The number of amides is 1. The highest BCUT2D eigenvalue weighted by atomic mass is 16.7. The third-order valence-corrected chi connectivity index (χ3v) is 10.9. The van der Waals surface area contributed by atoms with Crippen LogP contribution in [0, 0.1) is 51.0 Å².